The van der Waals surface area contributed by atoms with E-state index in [1.165, 1.54) is 4.90 Å². The van der Waals surface area contributed by atoms with Crippen molar-refractivity contribution >= 4 is 23.6 Å². The average Bonchev–Trinajstić information content (AvgIpc) is 3.12. The monoisotopic (exact) mass is 417 g/mol. The number of carbonyl (C=O) groups excluding carboxylic acids is 2. The van der Waals surface area contributed by atoms with Crippen LogP contribution in [0.2, 0.25) is 5.02 Å². The molecule has 158 valence electrons. The van der Waals surface area contributed by atoms with Gasteiger partial charge in [0.2, 0.25) is 5.91 Å². The maximum atomic E-state index is 12.8. The van der Waals surface area contributed by atoms with Gasteiger partial charge in [0.05, 0.1) is 6.04 Å². The fourth-order valence-corrected chi connectivity index (χ4v) is 3.19. The molecule has 0 aromatic heterocycles. The number of ether oxygens (including phenoxy) is 1. The van der Waals surface area contributed by atoms with Crippen LogP contribution in [0.5, 0.6) is 0 Å². The first-order chi connectivity index (χ1) is 14.0. The molecule has 1 saturated heterocycles. The summed E-state index contributed by atoms with van der Waals surface area (Å²) in [5.41, 5.74) is 2.09. The van der Waals surface area contributed by atoms with Gasteiger partial charge < -0.3 is 4.74 Å². The van der Waals surface area contributed by atoms with Gasteiger partial charge in [-0.3, -0.25) is 4.79 Å². The topological polar surface area (TPSA) is 46.6 Å². The maximum Gasteiger partial charge on any atom is 0.416 e. The Morgan fingerprint density at radius 2 is 1.62 bits per heavy atom. The van der Waals surface area contributed by atoms with Crippen molar-refractivity contribution in [1.29, 1.82) is 0 Å². The smallest absolute Gasteiger partial charge is 0.416 e. The number of carbonyl (C=O) groups is 2. The molecule has 2 aromatic rings. The van der Waals surface area contributed by atoms with E-state index in [9.17, 15) is 9.59 Å². The van der Waals surface area contributed by atoms with Crippen LogP contribution in [-0.4, -0.2) is 29.5 Å². The van der Waals surface area contributed by atoms with Crippen molar-refractivity contribution in [3.8, 4) is 0 Å². The van der Waals surface area contributed by atoms with Crippen LogP contribution in [0.3, 0.4) is 0 Å². The Balaban J connectivity index is 0.000000989. The lowest BCUT2D eigenvalue weighted by molar-refractivity contribution is -0.132. The highest BCUT2D eigenvalue weighted by Gasteiger charge is 2.39. The van der Waals surface area contributed by atoms with E-state index in [0.717, 1.165) is 11.1 Å². The van der Waals surface area contributed by atoms with Gasteiger partial charge in [-0.15, -0.1) is 0 Å². The Morgan fingerprint density at radius 1 is 1.03 bits per heavy atom. The highest BCUT2D eigenvalue weighted by molar-refractivity contribution is 6.30. The van der Waals surface area contributed by atoms with Gasteiger partial charge >= 0.3 is 6.09 Å². The minimum absolute atomic E-state index is 0.196. The third-order valence-electron chi connectivity index (χ3n) is 4.39. The summed E-state index contributed by atoms with van der Waals surface area (Å²) in [4.78, 5) is 26.2. The number of cyclic esters (lactones) is 1. The van der Waals surface area contributed by atoms with Gasteiger partial charge in [0, 0.05) is 10.9 Å². The second-order valence-corrected chi connectivity index (χ2v) is 6.80. The first-order valence-electron chi connectivity index (χ1n) is 10.3. The molecule has 0 saturated carbocycles. The standard InChI is InChI=1S/C20H20ClNO3.2C2H6/c1-14(11-16-7-9-17(21)10-8-16)19(23)22-18(13-25-20(22)24)12-15-5-3-2-4-6-15;2*1-2/h2-10,14,18H,11-13H2,1H3;2*1-2H3. The second kappa shape index (κ2) is 13.0. The van der Waals surface area contributed by atoms with Crippen molar-refractivity contribution < 1.29 is 14.3 Å². The lowest BCUT2D eigenvalue weighted by atomic mass is 9.98. The molecule has 1 fully saturated rings. The lowest BCUT2D eigenvalue weighted by Gasteiger charge is -2.23. The summed E-state index contributed by atoms with van der Waals surface area (Å²) in [5.74, 6) is -0.511. The van der Waals surface area contributed by atoms with Crippen LogP contribution in [0.15, 0.2) is 54.6 Å². The largest absolute Gasteiger partial charge is 0.447 e. The van der Waals surface area contributed by atoms with Gasteiger partial charge in [-0.25, -0.2) is 9.69 Å². The van der Waals surface area contributed by atoms with E-state index in [0.29, 0.717) is 17.9 Å². The minimum Gasteiger partial charge on any atom is -0.447 e. The molecule has 2 amide bonds. The van der Waals surface area contributed by atoms with Gasteiger partial charge in [0.15, 0.2) is 0 Å². The Kier molecular flexibility index (Phi) is 11.1. The molecule has 0 aliphatic carbocycles. The zero-order valence-corrected chi connectivity index (χ0v) is 18.8. The van der Waals surface area contributed by atoms with Crippen molar-refractivity contribution in [1.82, 2.24) is 4.90 Å². The first-order valence-corrected chi connectivity index (χ1v) is 10.7. The molecule has 0 N–H and O–H groups in total. The average molecular weight is 418 g/mol. The summed E-state index contributed by atoms with van der Waals surface area (Å²) in [7, 11) is 0. The maximum absolute atomic E-state index is 12.8. The van der Waals surface area contributed by atoms with E-state index in [-0.39, 0.29) is 24.5 Å². The molecule has 2 atom stereocenters. The number of rotatable bonds is 5. The molecule has 29 heavy (non-hydrogen) atoms. The highest BCUT2D eigenvalue weighted by Crippen LogP contribution is 2.22. The first kappa shape index (κ1) is 24.7. The number of benzene rings is 2. The Bertz CT molecular complexity index is 746. The molecule has 0 bridgehead atoms. The zero-order chi connectivity index (χ0) is 21.8. The van der Waals surface area contributed by atoms with Crippen LogP contribution in [-0.2, 0) is 22.4 Å². The molecule has 1 heterocycles. The SMILES string of the molecule is CC.CC.CC(Cc1ccc(Cl)cc1)C(=O)N1C(=O)OCC1Cc1ccccc1. The summed E-state index contributed by atoms with van der Waals surface area (Å²) >= 11 is 5.89. The summed E-state index contributed by atoms with van der Waals surface area (Å²) in [6, 6.07) is 17.0. The second-order valence-electron chi connectivity index (χ2n) is 6.36. The van der Waals surface area contributed by atoms with Crippen LogP contribution in [0.4, 0.5) is 4.79 Å². The fraction of sp³-hybridized carbons (Fsp3) is 0.417. The van der Waals surface area contributed by atoms with Gasteiger partial charge in [-0.1, -0.05) is 88.7 Å². The molecule has 4 nitrogen and oxygen atoms in total. The van der Waals surface area contributed by atoms with Crippen LogP contribution in [0.25, 0.3) is 0 Å². The summed E-state index contributed by atoms with van der Waals surface area (Å²) in [6.45, 7) is 10.1. The summed E-state index contributed by atoms with van der Waals surface area (Å²) in [5, 5.41) is 0.661. The predicted octanol–water partition coefficient (Wildman–Crippen LogP) is 6.16. The number of hydrogen-bond acceptors (Lipinski definition) is 3. The molecular weight excluding hydrogens is 386 g/mol. The van der Waals surface area contributed by atoms with Crippen molar-refractivity contribution in [3.63, 3.8) is 0 Å². The molecule has 1 aliphatic heterocycles. The van der Waals surface area contributed by atoms with Crippen molar-refractivity contribution in [2.45, 2.75) is 53.5 Å². The van der Waals surface area contributed by atoms with Crippen LogP contribution in [0.1, 0.15) is 45.7 Å². The normalized spacial score (nSPS) is 16.0. The molecule has 3 rings (SSSR count). The highest BCUT2D eigenvalue weighted by atomic mass is 35.5. The van der Waals surface area contributed by atoms with Gasteiger partial charge in [0.25, 0.3) is 0 Å². The van der Waals surface area contributed by atoms with Crippen molar-refractivity contribution in [2.75, 3.05) is 6.61 Å². The number of nitrogens with zero attached hydrogens (tertiary/aromatic N) is 1. The third kappa shape index (κ3) is 7.21. The Morgan fingerprint density at radius 3 is 2.21 bits per heavy atom. The zero-order valence-electron chi connectivity index (χ0n) is 18.0. The summed E-state index contributed by atoms with van der Waals surface area (Å²) < 4.78 is 5.14. The van der Waals surface area contributed by atoms with E-state index in [1.54, 1.807) is 12.1 Å². The number of halogens is 1. The lowest BCUT2D eigenvalue weighted by Crippen LogP contribution is -2.43. The minimum atomic E-state index is -0.547. The molecule has 0 spiro atoms. The quantitative estimate of drug-likeness (QED) is 0.585. The molecule has 5 heteroatoms. The van der Waals surface area contributed by atoms with E-state index in [4.69, 9.17) is 16.3 Å². The fourth-order valence-electron chi connectivity index (χ4n) is 3.07. The van der Waals surface area contributed by atoms with Crippen LogP contribution in [0, 0.1) is 5.92 Å². The molecule has 1 aliphatic rings. The van der Waals surface area contributed by atoms with E-state index >= 15 is 0 Å². The Hall–Kier alpha value is -2.33. The Labute approximate surface area is 179 Å². The van der Waals surface area contributed by atoms with Gasteiger partial charge in [-0.2, -0.15) is 0 Å². The van der Waals surface area contributed by atoms with E-state index in [2.05, 4.69) is 0 Å². The van der Waals surface area contributed by atoms with Crippen molar-refractivity contribution in [2.24, 2.45) is 5.92 Å². The number of hydrogen-bond donors (Lipinski definition) is 0. The van der Waals surface area contributed by atoms with Gasteiger partial charge in [0.1, 0.15) is 6.61 Å². The molecule has 0 radical (unpaired) electrons. The number of amides is 2. The van der Waals surface area contributed by atoms with E-state index < -0.39 is 6.09 Å². The van der Waals surface area contributed by atoms with Gasteiger partial charge in [-0.05, 0) is 36.1 Å². The molecule has 2 unspecified atom stereocenters. The third-order valence-corrected chi connectivity index (χ3v) is 4.64. The molecule has 2 aromatic carbocycles. The van der Waals surface area contributed by atoms with Crippen molar-refractivity contribution in [3.05, 3.63) is 70.7 Å². The predicted molar refractivity (Wildman–Crippen MR) is 119 cm³/mol. The van der Waals surface area contributed by atoms with E-state index in [1.807, 2.05) is 77.1 Å². The molecular formula is C24H32ClNO3. The van der Waals surface area contributed by atoms with Crippen LogP contribution >= 0.6 is 11.6 Å². The number of imide groups is 1. The summed E-state index contributed by atoms with van der Waals surface area (Å²) in [6.07, 6.45) is 0.609. The van der Waals surface area contributed by atoms with Crippen LogP contribution < -0.4 is 0 Å².